The average Bonchev–Trinajstić information content (AvgIpc) is 2.28. The van der Waals surface area contributed by atoms with Gasteiger partial charge in [-0.05, 0) is 6.92 Å². The molecule has 1 heterocycles. The molecule has 5 nitrogen and oxygen atoms in total. The fraction of sp³-hybridized carbons (Fsp3) is 0.778. The second-order valence-electron chi connectivity index (χ2n) is 3.31. The van der Waals surface area contributed by atoms with Crippen molar-refractivity contribution in [2.75, 3.05) is 0 Å². The number of ether oxygens (including phenoxy) is 3. The van der Waals surface area contributed by atoms with Crippen molar-refractivity contribution in [3.05, 3.63) is 0 Å². The van der Waals surface area contributed by atoms with Gasteiger partial charge in [0.2, 0.25) is 6.29 Å². The fourth-order valence-corrected chi connectivity index (χ4v) is 1.39. The molecule has 0 aromatic carbocycles. The van der Waals surface area contributed by atoms with Crippen LogP contribution in [0, 0.1) is 0 Å². The zero-order valence-corrected chi connectivity index (χ0v) is 8.48. The molecule has 2 unspecified atom stereocenters. The van der Waals surface area contributed by atoms with Crippen LogP contribution in [0.15, 0.2) is 0 Å². The van der Waals surface area contributed by atoms with E-state index in [0.29, 0.717) is 6.42 Å². The third-order valence-corrected chi connectivity index (χ3v) is 1.83. The summed E-state index contributed by atoms with van der Waals surface area (Å²) in [5, 5.41) is 0. The molecule has 0 spiro atoms. The van der Waals surface area contributed by atoms with E-state index in [9.17, 15) is 9.59 Å². The molecule has 0 saturated carbocycles. The van der Waals surface area contributed by atoms with Gasteiger partial charge >= 0.3 is 11.9 Å². The highest BCUT2D eigenvalue weighted by atomic mass is 16.7. The molecular weight excluding hydrogens is 188 g/mol. The third-order valence-electron chi connectivity index (χ3n) is 1.83. The van der Waals surface area contributed by atoms with Gasteiger partial charge in [0.15, 0.2) is 6.10 Å². The lowest BCUT2D eigenvalue weighted by Crippen LogP contribution is -2.30. The van der Waals surface area contributed by atoms with Crippen molar-refractivity contribution in [1.82, 2.24) is 0 Å². The number of carbonyl (C=O) groups excluding carboxylic acids is 2. The number of carbonyl (C=O) groups is 2. The summed E-state index contributed by atoms with van der Waals surface area (Å²) in [6.07, 6.45) is -0.751. The molecule has 1 aliphatic rings. The second-order valence-corrected chi connectivity index (χ2v) is 3.31. The van der Waals surface area contributed by atoms with Crippen LogP contribution in [0.2, 0.25) is 0 Å². The van der Waals surface area contributed by atoms with Crippen LogP contribution in [0.1, 0.15) is 27.2 Å². The van der Waals surface area contributed by atoms with E-state index in [2.05, 4.69) is 0 Å². The van der Waals surface area contributed by atoms with E-state index in [1.54, 1.807) is 0 Å². The molecule has 3 atom stereocenters. The van der Waals surface area contributed by atoms with Gasteiger partial charge in [-0.3, -0.25) is 9.59 Å². The van der Waals surface area contributed by atoms with Gasteiger partial charge in [-0.25, -0.2) is 0 Å². The van der Waals surface area contributed by atoms with Crippen molar-refractivity contribution in [3.8, 4) is 0 Å². The highest BCUT2D eigenvalue weighted by Gasteiger charge is 2.37. The summed E-state index contributed by atoms with van der Waals surface area (Å²) < 4.78 is 15.1. The molecule has 1 aliphatic heterocycles. The molecular formula is C9H14O5. The van der Waals surface area contributed by atoms with E-state index >= 15 is 0 Å². The molecule has 1 rings (SSSR count). The standard InChI is InChI=1S/C9H14O5/c1-5-4-8(13-6(2)10)9(12-5)14-7(3)11/h5,8-9H,4H2,1-3H3/t5?,8-,9?/m1/s1. The first kappa shape index (κ1) is 11.0. The molecule has 0 N–H and O–H groups in total. The predicted octanol–water partition coefficient (Wildman–Crippen LogP) is 0.616. The molecule has 5 heteroatoms. The Morgan fingerprint density at radius 1 is 1.21 bits per heavy atom. The predicted molar refractivity (Wildman–Crippen MR) is 46.3 cm³/mol. The fourth-order valence-electron chi connectivity index (χ4n) is 1.39. The van der Waals surface area contributed by atoms with Gasteiger partial charge in [0, 0.05) is 20.3 Å². The molecule has 14 heavy (non-hydrogen) atoms. The van der Waals surface area contributed by atoms with E-state index < -0.39 is 24.3 Å². The van der Waals surface area contributed by atoms with Crippen LogP contribution in [0.5, 0.6) is 0 Å². The largest absolute Gasteiger partial charge is 0.456 e. The summed E-state index contributed by atoms with van der Waals surface area (Å²) in [7, 11) is 0. The molecule has 0 aliphatic carbocycles. The number of esters is 2. The number of hydrogen-bond acceptors (Lipinski definition) is 5. The maximum atomic E-state index is 10.7. The lowest BCUT2D eigenvalue weighted by Gasteiger charge is -2.17. The monoisotopic (exact) mass is 202 g/mol. The normalized spacial score (nSPS) is 31.2. The van der Waals surface area contributed by atoms with Crippen LogP contribution in [0.25, 0.3) is 0 Å². The van der Waals surface area contributed by atoms with E-state index in [-0.39, 0.29) is 6.10 Å². The quantitative estimate of drug-likeness (QED) is 0.614. The number of rotatable bonds is 2. The Labute approximate surface area is 82.3 Å². The Kier molecular flexibility index (Phi) is 3.46. The van der Waals surface area contributed by atoms with Gasteiger partial charge in [0.25, 0.3) is 0 Å². The van der Waals surface area contributed by atoms with E-state index in [0.717, 1.165) is 0 Å². The van der Waals surface area contributed by atoms with Crippen LogP contribution >= 0.6 is 0 Å². The van der Waals surface area contributed by atoms with E-state index in [1.807, 2.05) is 6.92 Å². The zero-order valence-electron chi connectivity index (χ0n) is 8.48. The van der Waals surface area contributed by atoms with Crippen molar-refractivity contribution in [2.24, 2.45) is 0 Å². The summed E-state index contributed by atoms with van der Waals surface area (Å²) in [4.78, 5) is 21.4. The van der Waals surface area contributed by atoms with Gasteiger partial charge in [-0.15, -0.1) is 0 Å². The van der Waals surface area contributed by atoms with Crippen LogP contribution in [-0.2, 0) is 23.8 Å². The first-order valence-electron chi connectivity index (χ1n) is 4.49. The Balaban J connectivity index is 2.53. The molecule has 0 radical (unpaired) electrons. The lowest BCUT2D eigenvalue weighted by atomic mass is 10.2. The maximum absolute atomic E-state index is 10.7. The first-order chi connectivity index (χ1) is 6.49. The minimum Gasteiger partial charge on any atom is -0.456 e. The molecule has 1 saturated heterocycles. The molecule has 0 bridgehead atoms. The Bertz CT molecular complexity index is 213. The SMILES string of the molecule is CC(=O)OC1OC(C)C[C@H]1OC(C)=O. The first-order valence-corrected chi connectivity index (χ1v) is 4.49. The van der Waals surface area contributed by atoms with Gasteiger partial charge < -0.3 is 14.2 Å². The van der Waals surface area contributed by atoms with Crippen LogP contribution in [-0.4, -0.2) is 30.4 Å². The van der Waals surface area contributed by atoms with Gasteiger partial charge in [-0.2, -0.15) is 0 Å². The van der Waals surface area contributed by atoms with Crippen molar-refractivity contribution in [2.45, 2.75) is 45.7 Å². The Hall–Kier alpha value is -1.10. The summed E-state index contributed by atoms with van der Waals surface area (Å²) in [6.45, 7) is 4.44. The van der Waals surface area contributed by atoms with Crippen molar-refractivity contribution in [1.29, 1.82) is 0 Å². The zero-order chi connectivity index (χ0) is 10.7. The van der Waals surface area contributed by atoms with Crippen molar-refractivity contribution < 1.29 is 23.8 Å². The maximum Gasteiger partial charge on any atom is 0.305 e. The molecule has 0 aromatic heterocycles. The van der Waals surface area contributed by atoms with Crippen LogP contribution in [0.3, 0.4) is 0 Å². The highest BCUT2D eigenvalue weighted by molar-refractivity contribution is 5.67. The minimum atomic E-state index is -0.758. The van der Waals surface area contributed by atoms with Gasteiger partial charge in [0.05, 0.1) is 6.10 Å². The molecule has 80 valence electrons. The van der Waals surface area contributed by atoms with Gasteiger partial charge in [-0.1, -0.05) is 0 Å². The molecule has 1 fully saturated rings. The van der Waals surface area contributed by atoms with Crippen LogP contribution in [0.4, 0.5) is 0 Å². The Morgan fingerprint density at radius 2 is 1.79 bits per heavy atom. The Morgan fingerprint density at radius 3 is 2.29 bits per heavy atom. The van der Waals surface area contributed by atoms with E-state index in [4.69, 9.17) is 14.2 Å². The number of hydrogen-bond donors (Lipinski definition) is 0. The minimum absolute atomic E-state index is 0.0660. The highest BCUT2D eigenvalue weighted by Crippen LogP contribution is 2.24. The summed E-state index contributed by atoms with van der Waals surface area (Å²) >= 11 is 0. The summed E-state index contributed by atoms with van der Waals surface area (Å²) in [5.74, 6) is -0.842. The third kappa shape index (κ3) is 2.99. The van der Waals surface area contributed by atoms with Crippen molar-refractivity contribution >= 4 is 11.9 Å². The molecule has 0 amide bonds. The summed E-state index contributed by atoms with van der Waals surface area (Å²) in [6, 6.07) is 0. The average molecular weight is 202 g/mol. The smallest absolute Gasteiger partial charge is 0.305 e. The molecule has 0 aromatic rings. The topological polar surface area (TPSA) is 61.8 Å². The summed E-state index contributed by atoms with van der Waals surface area (Å²) in [5.41, 5.74) is 0. The van der Waals surface area contributed by atoms with Crippen LogP contribution < -0.4 is 0 Å². The lowest BCUT2D eigenvalue weighted by molar-refractivity contribution is -0.193. The van der Waals surface area contributed by atoms with Gasteiger partial charge in [0.1, 0.15) is 0 Å². The van der Waals surface area contributed by atoms with E-state index in [1.165, 1.54) is 13.8 Å². The van der Waals surface area contributed by atoms with Crippen molar-refractivity contribution in [3.63, 3.8) is 0 Å². The second kappa shape index (κ2) is 4.41.